The minimum absolute atomic E-state index is 0.0935. The second-order valence-corrected chi connectivity index (χ2v) is 6.39. The molecule has 2 rings (SSSR count). The molecular formula is C9H5BrClNO2S. The smallest absolute Gasteiger partial charge is 0.261 e. The third-order valence-electron chi connectivity index (χ3n) is 1.94. The molecule has 0 aliphatic carbocycles. The summed E-state index contributed by atoms with van der Waals surface area (Å²) in [6.45, 7) is 0. The van der Waals surface area contributed by atoms with Crippen LogP contribution < -0.4 is 0 Å². The molecule has 2 aromatic rings. The van der Waals surface area contributed by atoms with Crippen LogP contribution in [0.3, 0.4) is 0 Å². The molecular weight excluding hydrogens is 302 g/mol. The minimum atomic E-state index is -3.74. The van der Waals surface area contributed by atoms with Crippen LogP contribution >= 0.6 is 26.6 Å². The average Bonchev–Trinajstić information content (AvgIpc) is 2.15. The summed E-state index contributed by atoms with van der Waals surface area (Å²) in [6, 6.07) is 4.88. The zero-order valence-electron chi connectivity index (χ0n) is 7.31. The summed E-state index contributed by atoms with van der Waals surface area (Å²) in [7, 11) is 1.60. The van der Waals surface area contributed by atoms with Gasteiger partial charge < -0.3 is 0 Å². The van der Waals surface area contributed by atoms with E-state index in [-0.39, 0.29) is 4.90 Å². The molecule has 0 amide bonds. The molecule has 0 radical (unpaired) electrons. The lowest BCUT2D eigenvalue weighted by Gasteiger charge is -2.03. The summed E-state index contributed by atoms with van der Waals surface area (Å²) in [4.78, 5) is 4.01. The highest BCUT2D eigenvalue weighted by molar-refractivity contribution is 9.10. The Morgan fingerprint density at radius 1 is 1.33 bits per heavy atom. The molecule has 3 nitrogen and oxygen atoms in total. The van der Waals surface area contributed by atoms with Crippen LogP contribution in [0.2, 0.25) is 0 Å². The van der Waals surface area contributed by atoms with Crippen molar-refractivity contribution < 1.29 is 8.42 Å². The molecule has 0 aliphatic rings. The van der Waals surface area contributed by atoms with Crippen molar-refractivity contribution in [2.24, 2.45) is 0 Å². The molecule has 0 fully saturated rings. The van der Waals surface area contributed by atoms with E-state index in [9.17, 15) is 8.42 Å². The van der Waals surface area contributed by atoms with E-state index in [2.05, 4.69) is 20.9 Å². The lowest BCUT2D eigenvalue weighted by atomic mass is 10.2. The Kier molecular flexibility index (Phi) is 2.70. The monoisotopic (exact) mass is 305 g/mol. The second-order valence-electron chi connectivity index (χ2n) is 2.94. The maximum Gasteiger partial charge on any atom is 0.261 e. The molecule has 78 valence electrons. The molecule has 0 aliphatic heterocycles. The van der Waals surface area contributed by atoms with Crippen molar-refractivity contribution >= 4 is 46.4 Å². The van der Waals surface area contributed by atoms with Crippen LogP contribution in [0.1, 0.15) is 0 Å². The van der Waals surface area contributed by atoms with Crippen LogP contribution in [0, 0.1) is 0 Å². The van der Waals surface area contributed by atoms with Gasteiger partial charge in [0.1, 0.15) is 0 Å². The SMILES string of the molecule is O=S(=O)(Cl)c1cc(Br)cc2cnccc12. The first-order chi connectivity index (χ1) is 6.98. The Balaban J connectivity index is 2.96. The molecule has 1 aromatic heterocycles. The number of pyridine rings is 1. The van der Waals surface area contributed by atoms with Crippen molar-refractivity contribution in [1.29, 1.82) is 0 Å². The van der Waals surface area contributed by atoms with Gasteiger partial charge in [-0.1, -0.05) is 15.9 Å². The Hall–Kier alpha value is -0.650. The van der Waals surface area contributed by atoms with Gasteiger partial charge in [0.15, 0.2) is 0 Å². The Morgan fingerprint density at radius 3 is 2.73 bits per heavy atom. The molecule has 0 saturated heterocycles. The number of fused-ring (bicyclic) bond motifs is 1. The number of aromatic nitrogens is 1. The molecule has 0 atom stereocenters. The Labute approximate surface area is 99.6 Å². The van der Waals surface area contributed by atoms with Gasteiger partial charge in [-0.2, -0.15) is 0 Å². The fourth-order valence-corrected chi connectivity index (χ4v) is 3.07. The van der Waals surface area contributed by atoms with E-state index >= 15 is 0 Å². The van der Waals surface area contributed by atoms with E-state index in [0.717, 1.165) is 5.39 Å². The lowest BCUT2D eigenvalue weighted by molar-refractivity contribution is 0.610. The molecule has 0 bridgehead atoms. The molecule has 1 heterocycles. The normalized spacial score (nSPS) is 11.9. The summed E-state index contributed by atoms with van der Waals surface area (Å²) in [5.41, 5.74) is 0. The molecule has 0 N–H and O–H groups in total. The number of rotatable bonds is 1. The lowest BCUT2D eigenvalue weighted by Crippen LogP contribution is -1.92. The number of hydrogen-bond acceptors (Lipinski definition) is 3. The van der Waals surface area contributed by atoms with E-state index in [1.54, 1.807) is 18.3 Å². The Bertz CT molecular complexity index is 627. The van der Waals surface area contributed by atoms with E-state index in [1.807, 2.05) is 0 Å². The maximum absolute atomic E-state index is 11.3. The predicted molar refractivity (Wildman–Crippen MR) is 62.5 cm³/mol. The predicted octanol–water partition coefficient (Wildman–Crippen LogP) is 2.92. The third-order valence-corrected chi connectivity index (χ3v) is 3.76. The third kappa shape index (κ3) is 2.14. The number of hydrogen-bond donors (Lipinski definition) is 0. The highest BCUT2D eigenvalue weighted by Crippen LogP contribution is 2.29. The fourth-order valence-electron chi connectivity index (χ4n) is 1.34. The largest absolute Gasteiger partial charge is 0.264 e. The molecule has 1 aromatic carbocycles. The van der Waals surface area contributed by atoms with E-state index in [4.69, 9.17) is 10.7 Å². The van der Waals surface area contributed by atoms with E-state index in [0.29, 0.717) is 9.86 Å². The Morgan fingerprint density at radius 2 is 2.07 bits per heavy atom. The first-order valence-corrected chi connectivity index (χ1v) is 7.06. The van der Waals surface area contributed by atoms with Crippen molar-refractivity contribution in [2.75, 3.05) is 0 Å². The van der Waals surface area contributed by atoms with Gasteiger partial charge in [-0.3, -0.25) is 4.98 Å². The first kappa shape index (κ1) is 10.9. The van der Waals surface area contributed by atoms with Gasteiger partial charge in [-0.25, -0.2) is 8.42 Å². The van der Waals surface area contributed by atoms with Gasteiger partial charge in [0.05, 0.1) is 4.90 Å². The second kappa shape index (κ2) is 3.73. The average molecular weight is 307 g/mol. The van der Waals surface area contributed by atoms with Crippen molar-refractivity contribution in [3.05, 3.63) is 35.1 Å². The maximum atomic E-state index is 11.3. The number of benzene rings is 1. The van der Waals surface area contributed by atoms with Crippen molar-refractivity contribution in [2.45, 2.75) is 4.90 Å². The topological polar surface area (TPSA) is 47.0 Å². The van der Waals surface area contributed by atoms with Gasteiger partial charge >= 0.3 is 0 Å². The van der Waals surface area contributed by atoms with Crippen molar-refractivity contribution in [1.82, 2.24) is 4.98 Å². The van der Waals surface area contributed by atoms with Crippen molar-refractivity contribution in [3.63, 3.8) is 0 Å². The zero-order chi connectivity index (χ0) is 11.1. The summed E-state index contributed by atoms with van der Waals surface area (Å²) < 4.78 is 23.3. The number of nitrogens with zero attached hydrogens (tertiary/aromatic N) is 1. The summed E-state index contributed by atoms with van der Waals surface area (Å²) >= 11 is 3.22. The highest BCUT2D eigenvalue weighted by Gasteiger charge is 2.14. The minimum Gasteiger partial charge on any atom is -0.264 e. The first-order valence-electron chi connectivity index (χ1n) is 3.96. The molecule has 15 heavy (non-hydrogen) atoms. The van der Waals surface area contributed by atoms with E-state index in [1.165, 1.54) is 12.3 Å². The van der Waals surface area contributed by atoms with Crippen LogP contribution in [0.4, 0.5) is 0 Å². The van der Waals surface area contributed by atoms with Crippen LogP contribution in [0.15, 0.2) is 40.0 Å². The van der Waals surface area contributed by atoms with Gasteiger partial charge in [-0.05, 0) is 18.2 Å². The van der Waals surface area contributed by atoms with Crippen LogP contribution in [0.5, 0.6) is 0 Å². The van der Waals surface area contributed by atoms with Gasteiger partial charge in [0, 0.05) is 38.3 Å². The highest BCUT2D eigenvalue weighted by atomic mass is 79.9. The standard InChI is InChI=1S/C9H5BrClNO2S/c10-7-3-6-5-12-2-1-8(6)9(4-7)15(11,13)14/h1-5H. The summed E-state index contributed by atoms with van der Waals surface area (Å²) in [5.74, 6) is 0. The fraction of sp³-hybridized carbons (Fsp3) is 0. The van der Waals surface area contributed by atoms with Gasteiger partial charge in [0.2, 0.25) is 0 Å². The molecule has 0 unspecified atom stereocenters. The zero-order valence-corrected chi connectivity index (χ0v) is 10.5. The summed E-state index contributed by atoms with van der Waals surface area (Å²) in [5, 5.41) is 1.30. The van der Waals surface area contributed by atoms with E-state index < -0.39 is 9.05 Å². The number of halogens is 2. The van der Waals surface area contributed by atoms with Crippen molar-refractivity contribution in [3.8, 4) is 0 Å². The molecule has 0 spiro atoms. The van der Waals surface area contributed by atoms with Crippen LogP contribution in [-0.4, -0.2) is 13.4 Å². The van der Waals surface area contributed by atoms with Gasteiger partial charge in [-0.15, -0.1) is 0 Å². The van der Waals surface area contributed by atoms with Crippen LogP contribution in [0.25, 0.3) is 10.8 Å². The van der Waals surface area contributed by atoms with Crippen LogP contribution in [-0.2, 0) is 9.05 Å². The summed E-state index contributed by atoms with van der Waals surface area (Å²) in [6.07, 6.45) is 3.12. The quantitative estimate of drug-likeness (QED) is 0.761. The molecule has 0 saturated carbocycles. The van der Waals surface area contributed by atoms with Gasteiger partial charge in [0.25, 0.3) is 9.05 Å². The molecule has 6 heteroatoms.